The van der Waals surface area contributed by atoms with Crippen LogP contribution in [0.4, 0.5) is 0 Å². The third-order valence-electron chi connectivity index (χ3n) is 3.74. The van der Waals surface area contributed by atoms with Crippen molar-refractivity contribution in [3.63, 3.8) is 0 Å². The van der Waals surface area contributed by atoms with Crippen LogP contribution in [-0.2, 0) is 0 Å². The number of hydrogen-bond acceptors (Lipinski definition) is 3. The Morgan fingerprint density at radius 3 is 1.11 bits per heavy atom. The first kappa shape index (κ1) is 18.9. The minimum Gasteiger partial charge on any atom is -0.330 e. The van der Waals surface area contributed by atoms with Gasteiger partial charge in [0.2, 0.25) is 0 Å². The summed E-state index contributed by atoms with van der Waals surface area (Å²) >= 11 is 0. The van der Waals surface area contributed by atoms with E-state index in [9.17, 15) is 0 Å². The SMILES string of the molecule is NCCCCCCCCCCCCCCCC(N)N. The normalized spacial score (nSPS) is 11.4. The lowest BCUT2D eigenvalue weighted by Crippen LogP contribution is -2.29. The summed E-state index contributed by atoms with van der Waals surface area (Å²) in [6.45, 7) is 0.858. The van der Waals surface area contributed by atoms with E-state index < -0.39 is 0 Å². The van der Waals surface area contributed by atoms with E-state index in [0.717, 1.165) is 13.0 Å². The van der Waals surface area contributed by atoms with Gasteiger partial charge in [0.05, 0.1) is 6.17 Å². The van der Waals surface area contributed by atoms with E-state index in [1.165, 1.54) is 83.5 Å². The van der Waals surface area contributed by atoms with Crippen molar-refractivity contribution < 1.29 is 0 Å². The Labute approximate surface area is 120 Å². The minimum absolute atomic E-state index is 0.107. The molecule has 0 rings (SSSR count). The van der Waals surface area contributed by atoms with Gasteiger partial charge in [-0.2, -0.15) is 0 Å². The molecule has 19 heavy (non-hydrogen) atoms. The molecule has 0 atom stereocenters. The molecule has 0 bridgehead atoms. The Morgan fingerprint density at radius 2 is 0.789 bits per heavy atom. The summed E-state index contributed by atoms with van der Waals surface area (Å²) in [5, 5.41) is 0. The molecule has 0 aromatic carbocycles. The van der Waals surface area contributed by atoms with Crippen LogP contribution in [0.25, 0.3) is 0 Å². The summed E-state index contributed by atoms with van der Waals surface area (Å²) in [6, 6.07) is 0. The minimum atomic E-state index is -0.107. The van der Waals surface area contributed by atoms with Crippen LogP contribution in [0.2, 0.25) is 0 Å². The van der Waals surface area contributed by atoms with E-state index in [0.29, 0.717) is 0 Å². The summed E-state index contributed by atoms with van der Waals surface area (Å²) in [5.41, 5.74) is 16.5. The van der Waals surface area contributed by atoms with Gasteiger partial charge in [-0.15, -0.1) is 0 Å². The molecule has 0 fully saturated rings. The molecule has 0 amide bonds. The fourth-order valence-corrected chi connectivity index (χ4v) is 2.47. The maximum atomic E-state index is 5.51. The summed E-state index contributed by atoms with van der Waals surface area (Å²) in [5.74, 6) is 0. The topological polar surface area (TPSA) is 78.1 Å². The molecule has 0 aliphatic heterocycles. The fourth-order valence-electron chi connectivity index (χ4n) is 2.47. The largest absolute Gasteiger partial charge is 0.330 e. The lowest BCUT2D eigenvalue weighted by Gasteiger charge is -2.05. The van der Waals surface area contributed by atoms with Crippen LogP contribution in [0.1, 0.15) is 89.9 Å². The van der Waals surface area contributed by atoms with Gasteiger partial charge in [-0.25, -0.2) is 0 Å². The summed E-state index contributed by atoms with van der Waals surface area (Å²) in [4.78, 5) is 0. The van der Waals surface area contributed by atoms with E-state index in [1.807, 2.05) is 0 Å². The van der Waals surface area contributed by atoms with Crippen molar-refractivity contribution in [1.29, 1.82) is 0 Å². The monoisotopic (exact) mass is 271 g/mol. The van der Waals surface area contributed by atoms with Crippen molar-refractivity contribution in [3.8, 4) is 0 Å². The Hall–Kier alpha value is -0.120. The first-order valence-electron chi connectivity index (χ1n) is 8.48. The third kappa shape index (κ3) is 17.9. The van der Waals surface area contributed by atoms with Crippen molar-refractivity contribution >= 4 is 0 Å². The van der Waals surface area contributed by atoms with Gasteiger partial charge in [0.25, 0.3) is 0 Å². The first-order chi connectivity index (χ1) is 9.27. The maximum Gasteiger partial charge on any atom is 0.0520 e. The lowest BCUT2D eigenvalue weighted by molar-refractivity contribution is 0.520. The molecule has 0 unspecified atom stereocenters. The molecule has 116 valence electrons. The highest BCUT2D eigenvalue weighted by Crippen LogP contribution is 2.12. The van der Waals surface area contributed by atoms with Crippen molar-refractivity contribution in [2.75, 3.05) is 6.54 Å². The second-order valence-corrected chi connectivity index (χ2v) is 5.84. The van der Waals surface area contributed by atoms with Gasteiger partial charge in [0, 0.05) is 0 Å². The molecule has 0 radical (unpaired) electrons. The summed E-state index contributed by atoms with van der Waals surface area (Å²) < 4.78 is 0. The number of nitrogens with two attached hydrogens (primary N) is 3. The molecule has 0 aromatic heterocycles. The van der Waals surface area contributed by atoms with Crippen LogP contribution >= 0.6 is 0 Å². The van der Waals surface area contributed by atoms with Gasteiger partial charge < -0.3 is 17.2 Å². The highest BCUT2D eigenvalue weighted by molar-refractivity contribution is 4.53. The van der Waals surface area contributed by atoms with Crippen LogP contribution in [-0.4, -0.2) is 12.7 Å². The van der Waals surface area contributed by atoms with Crippen molar-refractivity contribution in [3.05, 3.63) is 0 Å². The molecule has 0 aliphatic rings. The molecule has 6 N–H and O–H groups in total. The number of rotatable bonds is 15. The predicted octanol–water partition coefficient (Wildman–Crippen LogP) is 3.65. The van der Waals surface area contributed by atoms with Crippen LogP contribution in [0, 0.1) is 0 Å². The fraction of sp³-hybridized carbons (Fsp3) is 1.00. The molecule has 0 saturated heterocycles. The molecule has 0 aliphatic carbocycles. The third-order valence-corrected chi connectivity index (χ3v) is 3.74. The standard InChI is InChI=1S/C16H37N3/c17-15-13-11-9-7-5-3-1-2-4-6-8-10-12-14-16(18)19/h16H,1-15,17-19H2. The van der Waals surface area contributed by atoms with Gasteiger partial charge in [0.15, 0.2) is 0 Å². The van der Waals surface area contributed by atoms with E-state index in [1.54, 1.807) is 0 Å². The molecular formula is C16H37N3. The van der Waals surface area contributed by atoms with Gasteiger partial charge in [-0.05, 0) is 19.4 Å². The Bertz CT molecular complexity index is 160. The molecule has 0 heterocycles. The summed E-state index contributed by atoms with van der Waals surface area (Å²) in [7, 11) is 0. The maximum absolute atomic E-state index is 5.51. The van der Waals surface area contributed by atoms with Crippen LogP contribution in [0.3, 0.4) is 0 Å². The zero-order valence-corrected chi connectivity index (χ0v) is 12.9. The summed E-state index contributed by atoms with van der Waals surface area (Å²) in [6.07, 6.45) is 18.5. The molecule has 3 heteroatoms. The van der Waals surface area contributed by atoms with Crippen molar-refractivity contribution in [2.45, 2.75) is 96.1 Å². The van der Waals surface area contributed by atoms with Gasteiger partial charge in [0.1, 0.15) is 0 Å². The van der Waals surface area contributed by atoms with Crippen molar-refractivity contribution in [1.82, 2.24) is 0 Å². The average molecular weight is 271 g/mol. The van der Waals surface area contributed by atoms with Gasteiger partial charge >= 0.3 is 0 Å². The van der Waals surface area contributed by atoms with Crippen LogP contribution in [0.15, 0.2) is 0 Å². The zero-order chi connectivity index (χ0) is 14.2. The average Bonchev–Trinajstić information content (AvgIpc) is 2.39. The quantitative estimate of drug-likeness (QED) is 0.314. The molecule has 0 spiro atoms. The van der Waals surface area contributed by atoms with E-state index >= 15 is 0 Å². The first-order valence-corrected chi connectivity index (χ1v) is 8.48. The predicted molar refractivity (Wildman–Crippen MR) is 85.9 cm³/mol. The van der Waals surface area contributed by atoms with E-state index in [4.69, 9.17) is 17.2 Å². The Kier molecular flexibility index (Phi) is 15.8. The van der Waals surface area contributed by atoms with Crippen LogP contribution < -0.4 is 17.2 Å². The molecule has 0 aromatic rings. The smallest absolute Gasteiger partial charge is 0.0520 e. The molecule has 0 saturated carbocycles. The van der Waals surface area contributed by atoms with E-state index in [2.05, 4.69) is 0 Å². The number of unbranched alkanes of at least 4 members (excludes halogenated alkanes) is 12. The molecule has 3 nitrogen and oxygen atoms in total. The Balaban J connectivity index is 2.91. The van der Waals surface area contributed by atoms with Gasteiger partial charge in [-0.1, -0.05) is 77.0 Å². The number of hydrogen-bond donors (Lipinski definition) is 3. The highest BCUT2D eigenvalue weighted by atomic mass is 14.8. The van der Waals surface area contributed by atoms with Gasteiger partial charge in [-0.3, -0.25) is 0 Å². The highest BCUT2D eigenvalue weighted by Gasteiger charge is 1.95. The second-order valence-electron chi connectivity index (χ2n) is 5.84. The van der Waals surface area contributed by atoms with Crippen LogP contribution in [0.5, 0.6) is 0 Å². The second kappa shape index (κ2) is 15.9. The molecular weight excluding hydrogens is 234 g/mol. The lowest BCUT2D eigenvalue weighted by atomic mass is 10.0. The zero-order valence-electron chi connectivity index (χ0n) is 12.9. The van der Waals surface area contributed by atoms with Crippen molar-refractivity contribution in [2.24, 2.45) is 17.2 Å². The van der Waals surface area contributed by atoms with E-state index in [-0.39, 0.29) is 6.17 Å². The Morgan fingerprint density at radius 1 is 0.474 bits per heavy atom.